The van der Waals surface area contributed by atoms with E-state index in [4.69, 9.17) is 26.7 Å². The van der Waals surface area contributed by atoms with Crippen LogP contribution in [0.4, 0.5) is 5.69 Å². The number of nitriles is 1. The van der Waals surface area contributed by atoms with Gasteiger partial charge in [-0.05, 0) is 17.7 Å². The van der Waals surface area contributed by atoms with Gasteiger partial charge in [-0.25, -0.2) is 4.79 Å². The van der Waals surface area contributed by atoms with Crippen molar-refractivity contribution in [3.8, 4) is 6.07 Å². The number of carboxylic acids is 1. The van der Waals surface area contributed by atoms with E-state index < -0.39 is 12.1 Å². The predicted molar refractivity (Wildman–Crippen MR) is 75.7 cm³/mol. The molecule has 104 valence electrons. The number of hydrogen-bond donors (Lipinski definition) is 1. The molecule has 1 atom stereocenters. The number of anilines is 1. The minimum atomic E-state index is -1.02. The number of rotatable bonds is 3. The Hall–Kier alpha value is -2.03. The monoisotopic (exact) mass is 292 g/mol. The van der Waals surface area contributed by atoms with Gasteiger partial charge in [-0.1, -0.05) is 23.7 Å². The summed E-state index contributed by atoms with van der Waals surface area (Å²) in [4.78, 5) is 12.6. The normalized spacial score (nSPS) is 19.0. The van der Waals surface area contributed by atoms with Crippen molar-refractivity contribution in [3.05, 3.63) is 34.9 Å². The molecule has 0 amide bonds. The molecule has 1 saturated heterocycles. The standard InChI is InChI=1S/C14H13ClN2O3/c15-12-3-1-2-10(4-5-13(18)19)14(12)17-6-7-20-11(8-16)9-17/h1-5,11H,6-7,9H2,(H,18,19)/b5-4+. The Morgan fingerprint density at radius 2 is 2.40 bits per heavy atom. The summed E-state index contributed by atoms with van der Waals surface area (Å²) in [5.74, 6) is -1.02. The minimum Gasteiger partial charge on any atom is -0.478 e. The largest absolute Gasteiger partial charge is 0.478 e. The summed E-state index contributed by atoms with van der Waals surface area (Å²) < 4.78 is 5.30. The Morgan fingerprint density at radius 1 is 1.60 bits per heavy atom. The van der Waals surface area contributed by atoms with Crippen molar-refractivity contribution in [2.45, 2.75) is 6.10 Å². The van der Waals surface area contributed by atoms with E-state index in [1.165, 1.54) is 6.08 Å². The summed E-state index contributed by atoms with van der Waals surface area (Å²) in [6, 6.07) is 7.36. The maximum absolute atomic E-state index is 10.6. The maximum Gasteiger partial charge on any atom is 0.328 e. The molecule has 1 aliphatic heterocycles. The lowest BCUT2D eigenvalue weighted by atomic mass is 10.1. The summed E-state index contributed by atoms with van der Waals surface area (Å²) >= 11 is 6.22. The van der Waals surface area contributed by atoms with E-state index in [1.54, 1.807) is 18.2 Å². The second-order valence-electron chi connectivity index (χ2n) is 4.28. The molecule has 2 rings (SSSR count). The van der Waals surface area contributed by atoms with Crippen molar-refractivity contribution in [1.82, 2.24) is 0 Å². The van der Waals surface area contributed by atoms with Crippen LogP contribution in [-0.4, -0.2) is 36.9 Å². The summed E-state index contributed by atoms with van der Waals surface area (Å²) in [6.45, 7) is 1.45. The van der Waals surface area contributed by atoms with Crippen LogP contribution < -0.4 is 4.90 Å². The second kappa shape index (κ2) is 6.42. The van der Waals surface area contributed by atoms with Gasteiger partial charge < -0.3 is 14.7 Å². The van der Waals surface area contributed by atoms with Gasteiger partial charge in [-0.3, -0.25) is 0 Å². The number of para-hydroxylation sites is 1. The van der Waals surface area contributed by atoms with Crippen LogP contribution in [0.5, 0.6) is 0 Å². The Bertz CT molecular complexity index is 580. The third-order valence-corrected chi connectivity index (χ3v) is 3.26. The lowest BCUT2D eigenvalue weighted by Gasteiger charge is -2.33. The maximum atomic E-state index is 10.6. The second-order valence-corrected chi connectivity index (χ2v) is 4.69. The predicted octanol–water partition coefficient (Wildman–Crippen LogP) is 2.17. The molecule has 1 N–H and O–H groups in total. The SMILES string of the molecule is N#CC1CN(c2c(Cl)cccc2/C=C/C(=O)O)CCO1. The highest BCUT2D eigenvalue weighted by molar-refractivity contribution is 6.33. The number of carboxylic acid groups (broad SMARTS) is 1. The van der Waals surface area contributed by atoms with Gasteiger partial charge in [0.15, 0.2) is 6.10 Å². The third-order valence-electron chi connectivity index (χ3n) is 2.95. The minimum absolute atomic E-state index is 0.411. The van der Waals surface area contributed by atoms with Gasteiger partial charge in [0.1, 0.15) is 0 Å². The molecule has 0 radical (unpaired) electrons. The number of benzene rings is 1. The lowest BCUT2D eigenvalue weighted by molar-refractivity contribution is -0.131. The molecular formula is C14H13ClN2O3. The van der Waals surface area contributed by atoms with E-state index in [1.807, 2.05) is 4.90 Å². The quantitative estimate of drug-likeness (QED) is 0.864. The van der Waals surface area contributed by atoms with Crippen LogP contribution in [0, 0.1) is 11.3 Å². The van der Waals surface area contributed by atoms with Crippen molar-refractivity contribution in [2.24, 2.45) is 0 Å². The van der Waals surface area contributed by atoms with Gasteiger partial charge in [0.25, 0.3) is 0 Å². The smallest absolute Gasteiger partial charge is 0.328 e. The number of hydrogen-bond acceptors (Lipinski definition) is 4. The van der Waals surface area contributed by atoms with E-state index in [-0.39, 0.29) is 0 Å². The first-order valence-corrected chi connectivity index (χ1v) is 6.45. The summed E-state index contributed by atoms with van der Waals surface area (Å²) in [6.07, 6.45) is 2.06. The van der Waals surface area contributed by atoms with Gasteiger partial charge in [-0.15, -0.1) is 0 Å². The fraction of sp³-hybridized carbons (Fsp3) is 0.286. The van der Waals surface area contributed by atoms with Crippen LogP contribution in [0.15, 0.2) is 24.3 Å². The molecule has 5 nitrogen and oxygen atoms in total. The van der Waals surface area contributed by atoms with Gasteiger partial charge in [0, 0.05) is 12.6 Å². The molecule has 1 unspecified atom stereocenters. The molecule has 0 spiro atoms. The molecule has 1 fully saturated rings. The Labute approximate surface area is 121 Å². The highest BCUT2D eigenvalue weighted by Crippen LogP contribution is 2.32. The molecule has 0 aliphatic carbocycles. The van der Waals surface area contributed by atoms with Crippen molar-refractivity contribution in [2.75, 3.05) is 24.6 Å². The molecule has 6 heteroatoms. The highest BCUT2D eigenvalue weighted by Gasteiger charge is 2.23. The number of carbonyl (C=O) groups is 1. The van der Waals surface area contributed by atoms with Crippen molar-refractivity contribution in [1.29, 1.82) is 5.26 Å². The Kier molecular flexibility index (Phi) is 4.61. The first-order chi connectivity index (χ1) is 9.61. The molecule has 1 aromatic rings. The fourth-order valence-electron chi connectivity index (χ4n) is 2.09. The van der Waals surface area contributed by atoms with Crippen molar-refractivity contribution >= 4 is 29.3 Å². The van der Waals surface area contributed by atoms with E-state index in [9.17, 15) is 4.79 Å². The number of ether oxygens (including phenoxy) is 1. The zero-order valence-corrected chi connectivity index (χ0v) is 11.4. The number of halogens is 1. The molecule has 0 aromatic heterocycles. The van der Waals surface area contributed by atoms with Crippen LogP contribution in [0.2, 0.25) is 5.02 Å². The average Bonchev–Trinajstić information content (AvgIpc) is 2.45. The summed E-state index contributed by atoms with van der Waals surface area (Å²) in [7, 11) is 0. The molecule has 0 saturated carbocycles. The zero-order chi connectivity index (χ0) is 14.5. The number of nitrogens with zero attached hydrogens (tertiary/aromatic N) is 2. The van der Waals surface area contributed by atoms with Crippen LogP contribution >= 0.6 is 11.6 Å². The number of aliphatic carboxylic acids is 1. The van der Waals surface area contributed by atoms with Gasteiger partial charge in [0.05, 0.1) is 29.9 Å². The van der Waals surface area contributed by atoms with Crippen LogP contribution in [0.1, 0.15) is 5.56 Å². The molecular weight excluding hydrogens is 280 g/mol. The fourth-order valence-corrected chi connectivity index (χ4v) is 2.39. The number of morpholine rings is 1. The zero-order valence-electron chi connectivity index (χ0n) is 10.6. The molecule has 0 bridgehead atoms. The topological polar surface area (TPSA) is 73.6 Å². The molecule has 20 heavy (non-hydrogen) atoms. The van der Waals surface area contributed by atoms with Crippen LogP contribution in [-0.2, 0) is 9.53 Å². The van der Waals surface area contributed by atoms with Crippen LogP contribution in [0.3, 0.4) is 0 Å². The van der Waals surface area contributed by atoms with E-state index in [0.29, 0.717) is 30.3 Å². The first-order valence-electron chi connectivity index (χ1n) is 6.07. The van der Waals surface area contributed by atoms with E-state index >= 15 is 0 Å². The highest BCUT2D eigenvalue weighted by atomic mass is 35.5. The third kappa shape index (κ3) is 3.29. The van der Waals surface area contributed by atoms with Crippen molar-refractivity contribution < 1.29 is 14.6 Å². The summed E-state index contributed by atoms with van der Waals surface area (Å²) in [5, 5.41) is 18.2. The first kappa shape index (κ1) is 14.4. The van der Waals surface area contributed by atoms with Gasteiger partial charge in [0.2, 0.25) is 0 Å². The Balaban J connectivity index is 2.34. The van der Waals surface area contributed by atoms with E-state index in [2.05, 4.69) is 6.07 Å². The van der Waals surface area contributed by atoms with E-state index in [0.717, 1.165) is 11.8 Å². The lowest BCUT2D eigenvalue weighted by Crippen LogP contribution is -2.42. The van der Waals surface area contributed by atoms with Gasteiger partial charge >= 0.3 is 5.97 Å². The average molecular weight is 293 g/mol. The van der Waals surface area contributed by atoms with Gasteiger partial charge in [-0.2, -0.15) is 5.26 Å². The molecule has 1 aromatic carbocycles. The molecule has 1 heterocycles. The van der Waals surface area contributed by atoms with Crippen molar-refractivity contribution in [3.63, 3.8) is 0 Å². The Morgan fingerprint density at radius 3 is 3.10 bits per heavy atom. The molecule has 1 aliphatic rings. The van der Waals surface area contributed by atoms with Crippen LogP contribution in [0.25, 0.3) is 6.08 Å². The summed E-state index contributed by atoms with van der Waals surface area (Å²) in [5.41, 5.74) is 1.44.